The van der Waals surface area contributed by atoms with Crippen LogP contribution in [-0.2, 0) is 0 Å². The third kappa shape index (κ3) is 4.12. The van der Waals surface area contributed by atoms with E-state index in [0.717, 1.165) is 22.1 Å². The SMILES string of the molecule is c1ccc(-c2nc(-c3ccccc3)nc(-c3ccc4c5c(cccc35)-c3c(cccc3-c3ccccc3)S4)n2)cc1. The molecule has 6 aromatic carbocycles. The Hall–Kier alpha value is -5.06. The highest BCUT2D eigenvalue weighted by Crippen LogP contribution is 2.52. The third-order valence-electron chi connectivity index (χ3n) is 7.54. The summed E-state index contributed by atoms with van der Waals surface area (Å²) in [6, 6.07) is 48.5. The van der Waals surface area contributed by atoms with Crippen LogP contribution >= 0.6 is 11.8 Å². The summed E-state index contributed by atoms with van der Waals surface area (Å²) in [6.45, 7) is 0. The van der Waals surface area contributed by atoms with E-state index >= 15 is 0 Å². The minimum absolute atomic E-state index is 0.668. The minimum atomic E-state index is 0.668. The summed E-state index contributed by atoms with van der Waals surface area (Å²) >= 11 is 1.83. The van der Waals surface area contributed by atoms with Gasteiger partial charge in [-0.3, -0.25) is 0 Å². The first-order chi connectivity index (χ1) is 20.3. The average Bonchev–Trinajstić information content (AvgIpc) is 3.06. The van der Waals surface area contributed by atoms with E-state index in [2.05, 4.69) is 78.9 Å². The molecule has 1 aromatic heterocycles. The number of nitrogens with zero attached hydrogens (tertiary/aromatic N) is 3. The first-order valence-electron chi connectivity index (χ1n) is 13.6. The average molecular weight is 542 g/mol. The van der Waals surface area contributed by atoms with Crippen molar-refractivity contribution in [1.82, 2.24) is 15.0 Å². The van der Waals surface area contributed by atoms with Crippen LogP contribution in [0.3, 0.4) is 0 Å². The highest BCUT2D eigenvalue weighted by Gasteiger charge is 2.24. The highest BCUT2D eigenvalue weighted by atomic mass is 32.2. The first-order valence-corrected chi connectivity index (χ1v) is 14.4. The van der Waals surface area contributed by atoms with E-state index in [-0.39, 0.29) is 0 Å². The Labute approximate surface area is 242 Å². The molecule has 0 saturated heterocycles. The van der Waals surface area contributed by atoms with Gasteiger partial charge in [-0.05, 0) is 40.3 Å². The van der Waals surface area contributed by atoms with Gasteiger partial charge in [0.25, 0.3) is 0 Å². The standard InChI is InChI=1S/C37H23N3S/c1-4-12-24(13-5-1)27-18-11-21-31-33(27)30-20-10-19-28-29(22-23-32(41-31)34(28)30)37-39-35(25-14-6-2-7-15-25)38-36(40-37)26-16-8-3-9-17-26/h1-23H. The molecule has 0 bridgehead atoms. The Morgan fingerprint density at radius 3 is 1.59 bits per heavy atom. The maximum Gasteiger partial charge on any atom is 0.164 e. The van der Waals surface area contributed by atoms with Crippen molar-refractivity contribution >= 4 is 22.5 Å². The van der Waals surface area contributed by atoms with E-state index in [1.165, 1.54) is 37.4 Å². The van der Waals surface area contributed by atoms with Crippen LogP contribution in [0.2, 0.25) is 0 Å². The van der Waals surface area contributed by atoms with E-state index < -0.39 is 0 Å². The molecule has 1 aliphatic rings. The predicted molar refractivity (Wildman–Crippen MR) is 169 cm³/mol. The largest absolute Gasteiger partial charge is 0.208 e. The fraction of sp³-hybridized carbons (Fsp3) is 0. The van der Waals surface area contributed by atoms with Gasteiger partial charge in [0, 0.05) is 37.4 Å². The fourth-order valence-electron chi connectivity index (χ4n) is 5.66. The Morgan fingerprint density at radius 1 is 0.366 bits per heavy atom. The van der Waals surface area contributed by atoms with Crippen LogP contribution in [-0.4, -0.2) is 15.0 Å². The van der Waals surface area contributed by atoms with Crippen molar-refractivity contribution in [2.45, 2.75) is 9.79 Å². The van der Waals surface area contributed by atoms with Gasteiger partial charge in [-0.1, -0.05) is 133 Å². The minimum Gasteiger partial charge on any atom is -0.208 e. The van der Waals surface area contributed by atoms with Gasteiger partial charge in [0.05, 0.1) is 0 Å². The summed E-state index contributed by atoms with van der Waals surface area (Å²) in [5.41, 5.74) is 7.93. The van der Waals surface area contributed by atoms with Crippen LogP contribution < -0.4 is 0 Å². The smallest absolute Gasteiger partial charge is 0.164 e. The molecule has 4 heteroatoms. The van der Waals surface area contributed by atoms with Gasteiger partial charge in [-0.2, -0.15) is 0 Å². The molecule has 0 N–H and O–H groups in total. The molecule has 0 saturated carbocycles. The van der Waals surface area contributed by atoms with Gasteiger partial charge in [0.1, 0.15) is 0 Å². The van der Waals surface area contributed by atoms with E-state index in [9.17, 15) is 0 Å². The summed E-state index contributed by atoms with van der Waals surface area (Å²) in [4.78, 5) is 17.5. The zero-order chi connectivity index (χ0) is 27.2. The maximum atomic E-state index is 5.03. The molecule has 0 amide bonds. The van der Waals surface area contributed by atoms with Gasteiger partial charge in [-0.15, -0.1) is 0 Å². The third-order valence-corrected chi connectivity index (χ3v) is 8.66. The molecular weight excluding hydrogens is 518 g/mol. The Kier molecular flexibility index (Phi) is 5.71. The van der Waals surface area contributed by atoms with Gasteiger partial charge >= 0.3 is 0 Å². The number of hydrogen-bond donors (Lipinski definition) is 0. The molecule has 0 atom stereocenters. The van der Waals surface area contributed by atoms with Crippen molar-refractivity contribution in [3.63, 3.8) is 0 Å². The second-order valence-electron chi connectivity index (χ2n) is 10.0. The van der Waals surface area contributed by atoms with Gasteiger partial charge in [0.2, 0.25) is 0 Å². The predicted octanol–water partition coefficient (Wildman–Crippen LogP) is 9.82. The summed E-state index contributed by atoms with van der Waals surface area (Å²) in [6.07, 6.45) is 0. The normalized spacial score (nSPS) is 11.8. The lowest BCUT2D eigenvalue weighted by Crippen LogP contribution is -2.01. The lowest BCUT2D eigenvalue weighted by atomic mass is 9.89. The zero-order valence-electron chi connectivity index (χ0n) is 22.0. The monoisotopic (exact) mass is 541 g/mol. The Bertz CT molecular complexity index is 2000. The van der Waals surface area contributed by atoms with Crippen molar-refractivity contribution in [2.75, 3.05) is 0 Å². The molecule has 3 nitrogen and oxygen atoms in total. The fourth-order valence-corrected chi connectivity index (χ4v) is 6.83. The zero-order valence-corrected chi connectivity index (χ0v) is 22.8. The summed E-state index contributed by atoms with van der Waals surface area (Å²) < 4.78 is 0. The molecule has 41 heavy (non-hydrogen) atoms. The van der Waals surface area contributed by atoms with E-state index in [1.807, 2.05) is 72.4 Å². The Morgan fingerprint density at radius 2 is 0.927 bits per heavy atom. The highest BCUT2D eigenvalue weighted by molar-refractivity contribution is 7.99. The van der Waals surface area contributed by atoms with E-state index in [1.54, 1.807) is 0 Å². The van der Waals surface area contributed by atoms with Crippen molar-refractivity contribution < 1.29 is 0 Å². The van der Waals surface area contributed by atoms with Crippen molar-refractivity contribution in [2.24, 2.45) is 0 Å². The molecule has 8 rings (SSSR count). The second-order valence-corrected chi connectivity index (χ2v) is 11.1. The van der Waals surface area contributed by atoms with Crippen LogP contribution in [0, 0.1) is 0 Å². The van der Waals surface area contributed by atoms with Crippen LogP contribution in [0.25, 0.3) is 67.2 Å². The van der Waals surface area contributed by atoms with Crippen LogP contribution in [0.15, 0.2) is 149 Å². The molecule has 7 aromatic rings. The Balaban J connectivity index is 1.37. The number of aromatic nitrogens is 3. The number of benzene rings is 6. The van der Waals surface area contributed by atoms with Crippen LogP contribution in [0.1, 0.15) is 0 Å². The quantitative estimate of drug-likeness (QED) is 0.222. The molecule has 0 aliphatic carbocycles. The molecule has 2 heterocycles. The first kappa shape index (κ1) is 23.8. The molecule has 0 unspecified atom stereocenters. The number of hydrogen-bond acceptors (Lipinski definition) is 4. The van der Waals surface area contributed by atoms with Crippen molar-refractivity contribution in [3.8, 4) is 56.4 Å². The van der Waals surface area contributed by atoms with Crippen molar-refractivity contribution in [1.29, 1.82) is 0 Å². The molecule has 0 spiro atoms. The lowest BCUT2D eigenvalue weighted by Gasteiger charge is -2.24. The second kappa shape index (κ2) is 9.84. The molecule has 0 radical (unpaired) electrons. The van der Waals surface area contributed by atoms with Gasteiger partial charge in [0.15, 0.2) is 17.5 Å². The topological polar surface area (TPSA) is 38.7 Å². The molecule has 192 valence electrons. The summed E-state index contributed by atoms with van der Waals surface area (Å²) in [5.74, 6) is 2.01. The van der Waals surface area contributed by atoms with Crippen LogP contribution in [0.5, 0.6) is 0 Å². The summed E-state index contributed by atoms with van der Waals surface area (Å²) in [5, 5.41) is 2.39. The number of fused-ring (bicyclic) bond motifs is 2. The van der Waals surface area contributed by atoms with Crippen LogP contribution in [0.4, 0.5) is 0 Å². The molecule has 1 aliphatic heterocycles. The maximum absolute atomic E-state index is 5.03. The van der Waals surface area contributed by atoms with Gasteiger partial charge in [-0.25, -0.2) is 15.0 Å². The lowest BCUT2D eigenvalue weighted by molar-refractivity contribution is 1.08. The van der Waals surface area contributed by atoms with E-state index in [4.69, 9.17) is 15.0 Å². The van der Waals surface area contributed by atoms with E-state index in [0.29, 0.717) is 17.5 Å². The molecular formula is C37H23N3S. The number of rotatable bonds is 4. The van der Waals surface area contributed by atoms with Crippen molar-refractivity contribution in [3.05, 3.63) is 140 Å². The molecule has 0 fully saturated rings. The van der Waals surface area contributed by atoms with Gasteiger partial charge < -0.3 is 0 Å². The summed E-state index contributed by atoms with van der Waals surface area (Å²) in [7, 11) is 0.